The minimum atomic E-state index is -0.789. The molecule has 1 atom stereocenters. The second-order valence-corrected chi connectivity index (χ2v) is 9.35. The number of nitrogens with zero attached hydrogens (tertiary/aromatic N) is 2. The second kappa shape index (κ2) is 9.10. The monoisotopic (exact) mass is 439 g/mol. The van der Waals surface area contributed by atoms with Crippen molar-refractivity contribution in [1.82, 2.24) is 15.1 Å². The first-order valence-electron chi connectivity index (χ1n) is 10.7. The first kappa shape index (κ1) is 23.4. The van der Waals surface area contributed by atoms with Crippen molar-refractivity contribution in [2.24, 2.45) is 5.41 Å². The minimum Gasteiger partial charge on any atom is -0.338 e. The van der Waals surface area contributed by atoms with Crippen LogP contribution in [-0.2, 0) is 14.4 Å². The SMILES string of the molecule is C=C(C=C1C(=O)N2CCN(C(=O)CC(C)(C)C)CC2C(=O)NC1=CC)c1ccccc1F. The van der Waals surface area contributed by atoms with Gasteiger partial charge in [0.05, 0.1) is 12.1 Å². The fourth-order valence-electron chi connectivity index (χ4n) is 3.94. The number of carbonyl (C=O) groups excluding carboxylic acids is 3. The third-order valence-corrected chi connectivity index (χ3v) is 5.58. The molecule has 0 bridgehead atoms. The largest absolute Gasteiger partial charge is 0.338 e. The summed E-state index contributed by atoms with van der Waals surface area (Å²) in [4.78, 5) is 42.3. The molecule has 1 unspecified atom stereocenters. The molecule has 2 saturated heterocycles. The summed E-state index contributed by atoms with van der Waals surface area (Å²) in [5.41, 5.74) is 1.03. The van der Waals surface area contributed by atoms with Crippen molar-refractivity contribution in [1.29, 1.82) is 0 Å². The number of carbonyl (C=O) groups is 3. The fraction of sp³-hybridized carbons (Fsp3) is 0.400. The minimum absolute atomic E-state index is 0.0309. The predicted molar refractivity (Wildman–Crippen MR) is 122 cm³/mol. The number of fused-ring (bicyclic) bond motifs is 1. The topological polar surface area (TPSA) is 69.7 Å². The van der Waals surface area contributed by atoms with Crippen molar-refractivity contribution in [2.45, 2.75) is 40.2 Å². The standard InChI is InChI=1S/C25H30FN3O3/c1-6-20-18(13-16(2)17-9-7-8-10-19(17)26)24(32)29-12-11-28(15-21(29)23(31)27-20)22(30)14-25(3,4)5/h6-10,13,21H,2,11-12,14-15H2,1,3-5H3,(H,27,31). The lowest BCUT2D eigenvalue weighted by atomic mass is 9.91. The Kier molecular flexibility index (Phi) is 6.67. The first-order valence-corrected chi connectivity index (χ1v) is 10.7. The van der Waals surface area contributed by atoms with Crippen LogP contribution < -0.4 is 5.32 Å². The van der Waals surface area contributed by atoms with E-state index in [-0.39, 0.29) is 47.4 Å². The van der Waals surface area contributed by atoms with Crippen LogP contribution in [0.2, 0.25) is 0 Å². The van der Waals surface area contributed by atoms with Crippen LogP contribution in [0.4, 0.5) is 4.39 Å². The summed E-state index contributed by atoms with van der Waals surface area (Å²) in [6, 6.07) is 5.41. The van der Waals surface area contributed by atoms with Crippen LogP contribution >= 0.6 is 0 Å². The Balaban J connectivity index is 1.90. The maximum Gasteiger partial charge on any atom is 0.256 e. The van der Waals surface area contributed by atoms with E-state index in [0.717, 1.165) is 0 Å². The van der Waals surface area contributed by atoms with E-state index >= 15 is 0 Å². The molecule has 170 valence electrons. The highest BCUT2D eigenvalue weighted by Crippen LogP contribution is 2.27. The molecule has 0 radical (unpaired) electrons. The van der Waals surface area contributed by atoms with E-state index in [4.69, 9.17) is 0 Å². The van der Waals surface area contributed by atoms with Gasteiger partial charge in [-0.15, -0.1) is 0 Å². The zero-order chi connectivity index (χ0) is 23.6. The molecule has 0 spiro atoms. The number of hydrogen-bond donors (Lipinski definition) is 1. The summed E-state index contributed by atoms with van der Waals surface area (Å²) in [5.74, 6) is -1.16. The number of allylic oxidation sites excluding steroid dienone is 3. The number of amides is 3. The van der Waals surface area contributed by atoms with Gasteiger partial charge in [0.1, 0.15) is 11.9 Å². The Labute approximate surface area is 188 Å². The van der Waals surface area contributed by atoms with Gasteiger partial charge in [0.2, 0.25) is 11.8 Å². The normalized spacial score (nSPS) is 22.0. The van der Waals surface area contributed by atoms with E-state index in [1.54, 1.807) is 36.1 Å². The smallest absolute Gasteiger partial charge is 0.256 e. The summed E-state index contributed by atoms with van der Waals surface area (Å²) in [6.07, 6.45) is 3.51. The average molecular weight is 440 g/mol. The lowest BCUT2D eigenvalue weighted by Crippen LogP contribution is -2.60. The van der Waals surface area contributed by atoms with E-state index in [9.17, 15) is 18.8 Å². The van der Waals surface area contributed by atoms with Crippen molar-refractivity contribution in [2.75, 3.05) is 19.6 Å². The van der Waals surface area contributed by atoms with Crippen molar-refractivity contribution in [3.05, 3.63) is 65.6 Å². The number of hydrogen-bond acceptors (Lipinski definition) is 3. The quantitative estimate of drug-likeness (QED) is 0.735. The van der Waals surface area contributed by atoms with Crippen LogP contribution in [0, 0.1) is 11.2 Å². The molecule has 0 aliphatic carbocycles. The Hall–Kier alpha value is -3.22. The molecule has 7 heteroatoms. The van der Waals surface area contributed by atoms with Gasteiger partial charge in [-0.05, 0) is 30.1 Å². The number of piperazine rings is 1. The Morgan fingerprint density at radius 1 is 1.25 bits per heavy atom. The lowest BCUT2D eigenvalue weighted by Gasteiger charge is -2.40. The van der Waals surface area contributed by atoms with Crippen molar-refractivity contribution < 1.29 is 18.8 Å². The molecule has 3 amide bonds. The Morgan fingerprint density at radius 2 is 1.94 bits per heavy atom. The molecule has 2 aliphatic heterocycles. The second-order valence-electron chi connectivity index (χ2n) is 9.35. The summed E-state index contributed by atoms with van der Waals surface area (Å²) in [6.45, 7) is 12.3. The van der Waals surface area contributed by atoms with Gasteiger partial charge >= 0.3 is 0 Å². The summed E-state index contributed by atoms with van der Waals surface area (Å²) >= 11 is 0. The van der Waals surface area contributed by atoms with Gasteiger partial charge in [-0.3, -0.25) is 14.4 Å². The van der Waals surface area contributed by atoms with Gasteiger partial charge < -0.3 is 15.1 Å². The average Bonchev–Trinajstić information content (AvgIpc) is 2.82. The van der Waals surface area contributed by atoms with Crippen molar-refractivity contribution in [3.8, 4) is 0 Å². The molecule has 3 rings (SSSR count). The lowest BCUT2D eigenvalue weighted by molar-refractivity contribution is -0.145. The molecule has 1 N–H and O–H groups in total. The number of halogens is 1. The molecule has 2 fully saturated rings. The van der Waals surface area contributed by atoms with E-state index in [1.165, 1.54) is 17.0 Å². The van der Waals surface area contributed by atoms with Crippen molar-refractivity contribution in [3.63, 3.8) is 0 Å². The summed E-state index contributed by atoms with van der Waals surface area (Å²) in [7, 11) is 0. The number of benzene rings is 1. The van der Waals surface area contributed by atoms with E-state index in [2.05, 4.69) is 11.9 Å². The van der Waals surface area contributed by atoms with Gasteiger partial charge in [0.15, 0.2) is 0 Å². The van der Waals surface area contributed by atoms with Crippen molar-refractivity contribution >= 4 is 23.3 Å². The Bertz CT molecular complexity index is 1020. The van der Waals surface area contributed by atoms with Gasteiger partial charge in [-0.1, -0.05) is 51.6 Å². The predicted octanol–water partition coefficient (Wildman–Crippen LogP) is 3.27. The van der Waals surface area contributed by atoms with Crippen LogP contribution in [0.5, 0.6) is 0 Å². The summed E-state index contributed by atoms with van der Waals surface area (Å²) in [5, 5.41) is 2.81. The molecule has 1 aromatic carbocycles. The van der Waals surface area contributed by atoms with E-state index < -0.39 is 11.9 Å². The molecule has 1 aromatic rings. The maximum atomic E-state index is 14.2. The molecule has 6 nitrogen and oxygen atoms in total. The number of nitrogens with one attached hydrogen (secondary N) is 1. The third-order valence-electron chi connectivity index (χ3n) is 5.58. The van der Waals surface area contributed by atoms with Gasteiger partial charge in [-0.25, -0.2) is 4.39 Å². The highest BCUT2D eigenvalue weighted by molar-refractivity contribution is 6.06. The van der Waals surface area contributed by atoms with Gasteiger partial charge in [0, 0.05) is 30.8 Å². The summed E-state index contributed by atoms with van der Waals surface area (Å²) < 4.78 is 14.2. The van der Waals surface area contributed by atoms with E-state index in [0.29, 0.717) is 24.2 Å². The zero-order valence-electron chi connectivity index (χ0n) is 19.1. The van der Waals surface area contributed by atoms with Crippen LogP contribution in [0.1, 0.15) is 39.7 Å². The van der Waals surface area contributed by atoms with Crippen LogP contribution in [0.15, 0.2) is 54.3 Å². The molecule has 2 heterocycles. The third kappa shape index (κ3) is 4.98. The molecule has 0 saturated carbocycles. The fourth-order valence-corrected chi connectivity index (χ4v) is 3.94. The highest BCUT2D eigenvalue weighted by Gasteiger charge is 2.41. The van der Waals surface area contributed by atoms with Crippen LogP contribution in [0.3, 0.4) is 0 Å². The highest BCUT2D eigenvalue weighted by atomic mass is 19.1. The maximum absolute atomic E-state index is 14.2. The Morgan fingerprint density at radius 3 is 2.56 bits per heavy atom. The zero-order valence-corrected chi connectivity index (χ0v) is 19.1. The number of rotatable bonds is 3. The first-order chi connectivity index (χ1) is 15.0. The molecule has 32 heavy (non-hydrogen) atoms. The van der Waals surface area contributed by atoms with Crippen LogP contribution in [0.25, 0.3) is 5.57 Å². The molecule has 2 aliphatic rings. The van der Waals surface area contributed by atoms with Gasteiger partial charge in [-0.2, -0.15) is 0 Å². The van der Waals surface area contributed by atoms with Gasteiger partial charge in [0.25, 0.3) is 5.91 Å². The molecular weight excluding hydrogens is 409 g/mol. The molecule has 0 aromatic heterocycles. The van der Waals surface area contributed by atoms with E-state index in [1.807, 2.05) is 20.8 Å². The molecular formula is C25H30FN3O3. The van der Waals surface area contributed by atoms with Crippen LogP contribution in [-0.4, -0.2) is 53.2 Å².